The lowest BCUT2D eigenvalue weighted by Gasteiger charge is -2.22. The van der Waals surface area contributed by atoms with Gasteiger partial charge in [-0.2, -0.15) is 4.98 Å². The van der Waals surface area contributed by atoms with Crippen LogP contribution >= 0.6 is 0 Å². The number of rotatable bonds is 8. The molecule has 0 amide bonds. The van der Waals surface area contributed by atoms with Gasteiger partial charge in [-0.1, -0.05) is 32.9 Å². The Balaban J connectivity index is 1.81. The Morgan fingerprint density at radius 1 is 1.36 bits per heavy atom. The fraction of sp³-hybridized carbons (Fsp3) is 0.842. The number of aliphatic imine (C=N–C) groups is 1. The molecule has 0 bridgehead atoms. The van der Waals surface area contributed by atoms with Crippen LogP contribution in [0.5, 0.6) is 0 Å². The van der Waals surface area contributed by atoms with E-state index in [9.17, 15) is 0 Å². The number of nitrogens with one attached hydrogen (secondary N) is 1. The molecule has 6 nitrogen and oxygen atoms in total. The van der Waals surface area contributed by atoms with Gasteiger partial charge in [0.05, 0.1) is 0 Å². The zero-order valence-electron chi connectivity index (χ0n) is 16.6. The summed E-state index contributed by atoms with van der Waals surface area (Å²) in [6, 6.07) is 0. The summed E-state index contributed by atoms with van der Waals surface area (Å²) in [5.74, 6) is 4.46. The van der Waals surface area contributed by atoms with E-state index in [1.807, 2.05) is 0 Å². The summed E-state index contributed by atoms with van der Waals surface area (Å²) >= 11 is 0. The van der Waals surface area contributed by atoms with Crippen LogP contribution < -0.4 is 5.32 Å². The highest BCUT2D eigenvalue weighted by atomic mass is 16.5. The highest BCUT2D eigenvalue weighted by molar-refractivity contribution is 5.80. The Morgan fingerprint density at radius 2 is 2.16 bits per heavy atom. The van der Waals surface area contributed by atoms with Crippen LogP contribution in [0.25, 0.3) is 0 Å². The summed E-state index contributed by atoms with van der Waals surface area (Å²) in [5.41, 5.74) is 0. The normalized spacial score (nSPS) is 18.6. The van der Waals surface area contributed by atoms with Crippen molar-refractivity contribution < 1.29 is 4.52 Å². The Labute approximate surface area is 152 Å². The maximum atomic E-state index is 5.30. The van der Waals surface area contributed by atoms with E-state index in [1.165, 1.54) is 12.8 Å². The molecule has 1 fully saturated rings. The van der Waals surface area contributed by atoms with Crippen molar-refractivity contribution in [3.05, 3.63) is 11.7 Å². The lowest BCUT2D eigenvalue weighted by molar-refractivity contribution is 0.369. The first kappa shape index (κ1) is 19.7. The van der Waals surface area contributed by atoms with Crippen molar-refractivity contribution in [2.75, 3.05) is 26.2 Å². The largest absolute Gasteiger partial charge is 0.357 e. The molecule has 0 aliphatic carbocycles. The predicted octanol–water partition coefficient (Wildman–Crippen LogP) is 3.46. The SMILES string of the molecule is CCNC(=NCCCc1nc(C(C)C)no1)N1CCC(CC(C)C)C1. The quantitative estimate of drug-likeness (QED) is 0.442. The molecule has 0 radical (unpaired) electrons. The molecule has 6 heteroatoms. The Bertz CT molecular complexity index is 538. The van der Waals surface area contributed by atoms with Crippen LogP contribution in [0.4, 0.5) is 0 Å². The van der Waals surface area contributed by atoms with Crippen molar-refractivity contribution in [2.45, 2.75) is 66.2 Å². The number of guanidine groups is 1. The third kappa shape index (κ3) is 6.33. The van der Waals surface area contributed by atoms with Crippen molar-refractivity contribution >= 4 is 5.96 Å². The van der Waals surface area contributed by atoms with Gasteiger partial charge in [0, 0.05) is 38.5 Å². The van der Waals surface area contributed by atoms with E-state index in [0.29, 0.717) is 5.92 Å². The van der Waals surface area contributed by atoms with Crippen LogP contribution in [0, 0.1) is 11.8 Å². The molecule has 1 aliphatic heterocycles. The van der Waals surface area contributed by atoms with Gasteiger partial charge in [-0.3, -0.25) is 4.99 Å². The molecule has 0 aromatic carbocycles. The van der Waals surface area contributed by atoms with Crippen LogP contribution in [0.1, 0.15) is 71.5 Å². The van der Waals surface area contributed by atoms with Crippen molar-refractivity contribution in [3.8, 4) is 0 Å². The number of aromatic nitrogens is 2. The average molecular weight is 350 g/mol. The van der Waals surface area contributed by atoms with Crippen LogP contribution in [0.15, 0.2) is 9.52 Å². The van der Waals surface area contributed by atoms with E-state index in [0.717, 1.165) is 68.5 Å². The number of hydrogen-bond donors (Lipinski definition) is 1. The maximum Gasteiger partial charge on any atom is 0.226 e. The first-order valence-electron chi connectivity index (χ1n) is 9.85. The minimum atomic E-state index is 0.310. The molecule has 2 heterocycles. The van der Waals surface area contributed by atoms with Crippen molar-refractivity contribution in [1.29, 1.82) is 0 Å². The number of likely N-dealkylation sites (tertiary alicyclic amines) is 1. The summed E-state index contributed by atoms with van der Waals surface area (Å²) < 4.78 is 5.30. The van der Waals surface area contributed by atoms with Gasteiger partial charge in [-0.25, -0.2) is 0 Å². The van der Waals surface area contributed by atoms with Gasteiger partial charge < -0.3 is 14.7 Å². The van der Waals surface area contributed by atoms with E-state index in [2.05, 4.69) is 55.0 Å². The number of aryl methyl sites for hydroxylation is 1. The van der Waals surface area contributed by atoms with Gasteiger partial charge >= 0.3 is 0 Å². The summed E-state index contributed by atoms with van der Waals surface area (Å²) in [6.07, 6.45) is 4.31. The van der Waals surface area contributed by atoms with Gasteiger partial charge in [0.25, 0.3) is 0 Å². The molecule has 1 atom stereocenters. The smallest absolute Gasteiger partial charge is 0.226 e. The summed E-state index contributed by atoms with van der Waals surface area (Å²) in [4.78, 5) is 11.6. The zero-order valence-corrected chi connectivity index (χ0v) is 16.6. The molecule has 2 rings (SSSR count). The van der Waals surface area contributed by atoms with E-state index in [1.54, 1.807) is 0 Å². The summed E-state index contributed by atoms with van der Waals surface area (Å²) in [5, 5.41) is 7.45. The van der Waals surface area contributed by atoms with Gasteiger partial charge in [0.15, 0.2) is 11.8 Å². The molecule has 25 heavy (non-hydrogen) atoms. The molecular weight excluding hydrogens is 314 g/mol. The van der Waals surface area contributed by atoms with Crippen LogP contribution in [0.3, 0.4) is 0 Å². The molecule has 1 unspecified atom stereocenters. The average Bonchev–Trinajstić information content (AvgIpc) is 3.19. The fourth-order valence-electron chi connectivity index (χ4n) is 3.33. The second-order valence-electron chi connectivity index (χ2n) is 7.77. The lowest BCUT2D eigenvalue weighted by Crippen LogP contribution is -2.40. The molecule has 142 valence electrons. The van der Waals surface area contributed by atoms with Crippen molar-refractivity contribution in [2.24, 2.45) is 16.8 Å². The number of hydrogen-bond acceptors (Lipinski definition) is 4. The predicted molar refractivity (Wildman–Crippen MR) is 102 cm³/mol. The maximum absolute atomic E-state index is 5.30. The highest BCUT2D eigenvalue weighted by Crippen LogP contribution is 2.23. The standard InChI is InChI=1S/C19H35N5O/c1-6-20-19(24-11-9-16(13-24)12-14(2)3)21-10-7-8-17-22-18(15(4)5)23-25-17/h14-16H,6-13H2,1-5H3,(H,20,21). The van der Waals surface area contributed by atoms with Crippen LogP contribution in [-0.2, 0) is 6.42 Å². The molecule has 1 aromatic rings. The van der Waals surface area contributed by atoms with Crippen LogP contribution in [0.2, 0.25) is 0 Å². The first-order valence-corrected chi connectivity index (χ1v) is 9.85. The van der Waals surface area contributed by atoms with Gasteiger partial charge in [-0.05, 0) is 38.0 Å². The minimum Gasteiger partial charge on any atom is -0.357 e. The van der Waals surface area contributed by atoms with Crippen LogP contribution in [-0.4, -0.2) is 47.2 Å². The van der Waals surface area contributed by atoms with Crippen molar-refractivity contribution in [1.82, 2.24) is 20.4 Å². The minimum absolute atomic E-state index is 0.310. The van der Waals surface area contributed by atoms with E-state index < -0.39 is 0 Å². The molecule has 1 N–H and O–H groups in total. The van der Waals surface area contributed by atoms with Gasteiger partial charge in [0.2, 0.25) is 5.89 Å². The summed E-state index contributed by atoms with van der Waals surface area (Å²) in [7, 11) is 0. The first-order chi connectivity index (χ1) is 12.0. The topological polar surface area (TPSA) is 66.5 Å². The second kappa shape index (κ2) is 9.78. The fourth-order valence-corrected chi connectivity index (χ4v) is 3.33. The van der Waals surface area contributed by atoms with E-state index >= 15 is 0 Å². The van der Waals surface area contributed by atoms with Crippen molar-refractivity contribution in [3.63, 3.8) is 0 Å². The molecule has 1 aromatic heterocycles. The molecule has 1 saturated heterocycles. The van der Waals surface area contributed by atoms with E-state index in [4.69, 9.17) is 9.52 Å². The van der Waals surface area contributed by atoms with Gasteiger partial charge in [0.1, 0.15) is 0 Å². The zero-order chi connectivity index (χ0) is 18.2. The third-order valence-corrected chi connectivity index (χ3v) is 4.54. The second-order valence-corrected chi connectivity index (χ2v) is 7.77. The Hall–Kier alpha value is -1.59. The third-order valence-electron chi connectivity index (χ3n) is 4.54. The highest BCUT2D eigenvalue weighted by Gasteiger charge is 2.25. The summed E-state index contributed by atoms with van der Waals surface area (Å²) in [6.45, 7) is 14.8. The molecule has 0 saturated carbocycles. The monoisotopic (exact) mass is 349 g/mol. The molecule has 0 spiro atoms. The Kier molecular flexibility index (Phi) is 7.72. The molecule has 1 aliphatic rings. The molecular formula is C19H35N5O. The lowest BCUT2D eigenvalue weighted by atomic mass is 9.97. The van der Waals surface area contributed by atoms with Gasteiger partial charge in [-0.15, -0.1) is 0 Å². The van der Waals surface area contributed by atoms with E-state index in [-0.39, 0.29) is 0 Å². The Morgan fingerprint density at radius 3 is 2.80 bits per heavy atom. The number of nitrogens with zero attached hydrogens (tertiary/aromatic N) is 4.